The lowest BCUT2D eigenvalue weighted by molar-refractivity contribution is -0.000286. The van der Waals surface area contributed by atoms with Crippen LogP contribution in [0, 0.1) is 0 Å². The van der Waals surface area contributed by atoms with Crippen molar-refractivity contribution in [3.05, 3.63) is 30.3 Å². The highest BCUT2D eigenvalue weighted by atomic mass is 16.6. The van der Waals surface area contributed by atoms with Gasteiger partial charge in [0, 0.05) is 0 Å². The summed E-state index contributed by atoms with van der Waals surface area (Å²) in [6.07, 6.45) is -0.734. The minimum absolute atomic E-state index is 0.692. The van der Waals surface area contributed by atoms with Crippen molar-refractivity contribution in [1.82, 2.24) is 0 Å². The van der Waals surface area contributed by atoms with E-state index in [0.717, 1.165) is 0 Å². The predicted molar refractivity (Wildman–Crippen MR) is 38.8 cm³/mol. The van der Waals surface area contributed by atoms with Crippen LogP contribution in [-0.2, 0) is 0 Å². The zero-order valence-corrected chi connectivity index (χ0v) is 5.82. The van der Waals surface area contributed by atoms with E-state index in [2.05, 4.69) is 0 Å². The lowest BCUT2D eigenvalue weighted by Crippen LogP contribution is -2.08. The van der Waals surface area contributed by atoms with E-state index in [1.54, 1.807) is 19.1 Å². The largest absolute Gasteiger partial charge is 0.465 e. The van der Waals surface area contributed by atoms with Gasteiger partial charge in [-0.05, 0) is 19.1 Å². The Morgan fingerprint density at radius 1 is 1.30 bits per heavy atom. The van der Waals surface area contributed by atoms with Gasteiger partial charge in [-0.2, -0.15) is 0 Å². The van der Waals surface area contributed by atoms with E-state index >= 15 is 0 Å². The molecule has 0 saturated carbocycles. The maximum absolute atomic E-state index is 8.78. The third-order valence-electron chi connectivity index (χ3n) is 1.05. The molecule has 0 aliphatic rings. The predicted octanol–water partition coefficient (Wildman–Crippen LogP) is 1.40. The van der Waals surface area contributed by atoms with E-state index in [9.17, 15) is 0 Å². The normalized spacial score (nSPS) is 12.6. The number of para-hydroxylation sites is 1. The molecule has 2 nitrogen and oxygen atoms in total. The fraction of sp³-hybridized carbons (Fsp3) is 0.250. The van der Waals surface area contributed by atoms with Crippen LogP contribution in [0.3, 0.4) is 0 Å². The molecular weight excluding hydrogens is 128 g/mol. The van der Waals surface area contributed by atoms with Crippen LogP contribution in [0.1, 0.15) is 6.92 Å². The van der Waals surface area contributed by atoms with Crippen molar-refractivity contribution >= 4 is 0 Å². The van der Waals surface area contributed by atoms with Gasteiger partial charge in [0.15, 0.2) is 6.29 Å². The highest BCUT2D eigenvalue weighted by Crippen LogP contribution is 2.08. The first-order chi connectivity index (χ1) is 4.79. The highest BCUT2D eigenvalue weighted by Gasteiger charge is 1.94. The molecule has 0 fully saturated rings. The molecule has 1 aromatic carbocycles. The minimum atomic E-state index is -0.734. The number of benzene rings is 1. The molecule has 10 heavy (non-hydrogen) atoms. The third kappa shape index (κ3) is 2.07. The summed E-state index contributed by atoms with van der Waals surface area (Å²) in [6, 6.07) is 9.21. The zero-order chi connectivity index (χ0) is 7.40. The van der Waals surface area contributed by atoms with E-state index in [4.69, 9.17) is 9.84 Å². The first-order valence-corrected chi connectivity index (χ1v) is 3.19. The first kappa shape index (κ1) is 7.09. The van der Waals surface area contributed by atoms with Crippen molar-refractivity contribution in [3.63, 3.8) is 0 Å². The Morgan fingerprint density at radius 3 is 2.40 bits per heavy atom. The van der Waals surface area contributed by atoms with Gasteiger partial charge in [-0.25, -0.2) is 0 Å². The van der Waals surface area contributed by atoms with Gasteiger partial charge in [-0.3, -0.25) is 0 Å². The molecule has 0 spiro atoms. The van der Waals surface area contributed by atoms with Crippen LogP contribution in [0.4, 0.5) is 0 Å². The van der Waals surface area contributed by atoms with Crippen LogP contribution in [0.25, 0.3) is 0 Å². The summed E-state index contributed by atoms with van der Waals surface area (Å²) >= 11 is 0. The maximum Gasteiger partial charge on any atom is 0.194 e. The molecular formula is C8H10O2. The second-order valence-electron chi connectivity index (χ2n) is 2.03. The van der Waals surface area contributed by atoms with E-state index in [0.29, 0.717) is 5.75 Å². The monoisotopic (exact) mass is 138 g/mol. The van der Waals surface area contributed by atoms with Crippen LogP contribution < -0.4 is 4.74 Å². The molecule has 0 aliphatic heterocycles. The number of rotatable bonds is 2. The van der Waals surface area contributed by atoms with Crippen molar-refractivity contribution in [2.45, 2.75) is 13.2 Å². The van der Waals surface area contributed by atoms with Crippen LogP contribution in [0.5, 0.6) is 5.75 Å². The number of hydrogen-bond donors (Lipinski definition) is 1. The molecule has 54 valence electrons. The van der Waals surface area contributed by atoms with Crippen LogP contribution >= 0.6 is 0 Å². The molecule has 0 amide bonds. The van der Waals surface area contributed by atoms with Crippen LogP contribution in [0.15, 0.2) is 30.3 Å². The summed E-state index contributed by atoms with van der Waals surface area (Å²) in [4.78, 5) is 0. The molecule has 0 bridgehead atoms. The van der Waals surface area contributed by atoms with Gasteiger partial charge in [-0.15, -0.1) is 0 Å². The Balaban J connectivity index is 2.59. The fourth-order valence-electron chi connectivity index (χ4n) is 0.696. The Kier molecular flexibility index (Phi) is 2.29. The maximum atomic E-state index is 8.78. The van der Waals surface area contributed by atoms with Gasteiger partial charge in [-0.1, -0.05) is 18.2 Å². The molecule has 2 heteroatoms. The number of hydrogen-bond acceptors (Lipinski definition) is 2. The second kappa shape index (κ2) is 3.22. The zero-order valence-electron chi connectivity index (χ0n) is 5.82. The lowest BCUT2D eigenvalue weighted by atomic mass is 10.3. The lowest BCUT2D eigenvalue weighted by Gasteiger charge is -2.06. The quantitative estimate of drug-likeness (QED) is 0.626. The van der Waals surface area contributed by atoms with Crippen LogP contribution in [-0.4, -0.2) is 11.4 Å². The molecule has 1 unspecified atom stereocenters. The molecule has 0 aromatic heterocycles. The molecule has 0 heterocycles. The number of aliphatic hydroxyl groups excluding tert-OH is 1. The summed E-state index contributed by atoms with van der Waals surface area (Å²) in [5, 5.41) is 8.78. The minimum Gasteiger partial charge on any atom is -0.465 e. The Bertz CT molecular complexity index is 182. The van der Waals surface area contributed by atoms with Gasteiger partial charge in [0.1, 0.15) is 5.75 Å². The molecule has 1 N–H and O–H groups in total. The highest BCUT2D eigenvalue weighted by molar-refractivity contribution is 5.20. The van der Waals surface area contributed by atoms with Gasteiger partial charge < -0.3 is 9.84 Å². The molecule has 0 aliphatic carbocycles. The summed E-state index contributed by atoms with van der Waals surface area (Å²) < 4.78 is 4.97. The summed E-state index contributed by atoms with van der Waals surface area (Å²) in [5.41, 5.74) is 0. The van der Waals surface area contributed by atoms with Gasteiger partial charge in [0.2, 0.25) is 0 Å². The van der Waals surface area contributed by atoms with E-state index in [1.807, 2.05) is 18.2 Å². The summed E-state index contributed by atoms with van der Waals surface area (Å²) in [7, 11) is 0. The third-order valence-corrected chi connectivity index (χ3v) is 1.05. The fourth-order valence-corrected chi connectivity index (χ4v) is 0.696. The molecule has 0 saturated heterocycles. The second-order valence-corrected chi connectivity index (χ2v) is 2.03. The Labute approximate surface area is 60.1 Å². The average Bonchev–Trinajstić information content (AvgIpc) is 1.88. The van der Waals surface area contributed by atoms with Crippen LogP contribution in [0.2, 0.25) is 0 Å². The molecule has 1 atom stereocenters. The van der Waals surface area contributed by atoms with E-state index in [1.165, 1.54) is 0 Å². The average molecular weight is 138 g/mol. The Morgan fingerprint density at radius 2 is 1.90 bits per heavy atom. The van der Waals surface area contributed by atoms with E-state index < -0.39 is 6.29 Å². The number of ether oxygens (including phenoxy) is 1. The first-order valence-electron chi connectivity index (χ1n) is 3.19. The van der Waals surface area contributed by atoms with Crippen molar-refractivity contribution in [1.29, 1.82) is 0 Å². The summed E-state index contributed by atoms with van der Waals surface area (Å²) in [6.45, 7) is 1.58. The molecule has 0 radical (unpaired) electrons. The standard InChI is InChI=1S/C8H10O2/c1-7(9)10-8-5-3-2-4-6-8/h2-7,9H,1H3. The van der Waals surface area contributed by atoms with Crippen molar-refractivity contribution < 1.29 is 9.84 Å². The smallest absolute Gasteiger partial charge is 0.194 e. The number of aliphatic hydroxyl groups is 1. The molecule has 1 aromatic rings. The van der Waals surface area contributed by atoms with Crippen molar-refractivity contribution in [2.24, 2.45) is 0 Å². The summed E-state index contributed by atoms with van der Waals surface area (Å²) in [5.74, 6) is 0.692. The van der Waals surface area contributed by atoms with Gasteiger partial charge >= 0.3 is 0 Å². The Hall–Kier alpha value is -1.02. The van der Waals surface area contributed by atoms with Crippen molar-refractivity contribution in [2.75, 3.05) is 0 Å². The van der Waals surface area contributed by atoms with Gasteiger partial charge in [0.25, 0.3) is 0 Å². The molecule has 1 rings (SSSR count). The van der Waals surface area contributed by atoms with Crippen molar-refractivity contribution in [3.8, 4) is 5.75 Å². The SMILES string of the molecule is CC(O)Oc1ccccc1. The topological polar surface area (TPSA) is 29.5 Å². The van der Waals surface area contributed by atoms with E-state index in [-0.39, 0.29) is 0 Å². The van der Waals surface area contributed by atoms with Gasteiger partial charge in [0.05, 0.1) is 0 Å².